The third-order valence-corrected chi connectivity index (χ3v) is 9.36. The van der Waals surface area contributed by atoms with Gasteiger partial charge in [0.2, 0.25) is 5.91 Å². The van der Waals surface area contributed by atoms with Crippen LogP contribution in [0.4, 0.5) is 11.4 Å². The number of nitro benzene ring substituents is 1. The van der Waals surface area contributed by atoms with E-state index in [-0.39, 0.29) is 11.5 Å². The number of ether oxygens (including phenoxy) is 2. The summed E-state index contributed by atoms with van der Waals surface area (Å²) >= 11 is 0. The maximum absolute atomic E-state index is 14.9. The number of Topliss-reactive ketones (excluding diaryl/α,β-unsaturated/α-hetero) is 1. The molecule has 234 valence electrons. The van der Waals surface area contributed by atoms with Crippen LogP contribution in [0.25, 0.3) is 0 Å². The highest BCUT2D eigenvalue weighted by atomic mass is 16.6. The van der Waals surface area contributed by atoms with Crippen molar-refractivity contribution < 1.29 is 24.0 Å². The molecule has 0 bridgehead atoms. The number of amides is 1. The lowest BCUT2D eigenvalue weighted by atomic mass is 9.69. The van der Waals surface area contributed by atoms with Gasteiger partial charge in [-0.1, -0.05) is 60.7 Å². The van der Waals surface area contributed by atoms with Crippen LogP contribution in [0.15, 0.2) is 103 Å². The maximum Gasteiger partial charge on any atom is 0.269 e. The summed E-state index contributed by atoms with van der Waals surface area (Å²) in [6, 6.07) is 30.3. The largest absolute Gasteiger partial charge is 0.492 e. The highest BCUT2D eigenvalue weighted by Crippen LogP contribution is 2.58. The lowest BCUT2D eigenvalue weighted by Gasteiger charge is -2.31. The first-order chi connectivity index (χ1) is 22.5. The molecule has 0 saturated carbocycles. The van der Waals surface area contributed by atoms with Crippen molar-refractivity contribution >= 4 is 23.1 Å². The minimum absolute atomic E-state index is 0.152. The smallest absolute Gasteiger partial charge is 0.269 e. The lowest BCUT2D eigenvalue weighted by Crippen LogP contribution is -2.50. The van der Waals surface area contributed by atoms with Gasteiger partial charge in [-0.15, -0.1) is 0 Å². The molecule has 3 heterocycles. The van der Waals surface area contributed by atoms with Gasteiger partial charge in [0, 0.05) is 60.5 Å². The fraction of sp³-hybridized carbons (Fsp3) is 0.278. The number of hydrogen-bond acceptors (Lipinski definition) is 8. The molecule has 3 aliphatic rings. The van der Waals surface area contributed by atoms with E-state index in [1.54, 1.807) is 30.3 Å². The van der Waals surface area contributed by atoms with E-state index < -0.39 is 34.2 Å². The first-order valence-corrected chi connectivity index (χ1v) is 15.5. The second-order valence-corrected chi connectivity index (χ2v) is 11.9. The molecule has 0 aromatic heterocycles. The van der Waals surface area contributed by atoms with Crippen molar-refractivity contribution in [3.63, 3.8) is 0 Å². The molecular weight excluding hydrogens is 584 g/mol. The summed E-state index contributed by atoms with van der Waals surface area (Å²) in [4.78, 5) is 42.8. The van der Waals surface area contributed by atoms with Gasteiger partial charge in [-0.2, -0.15) is 0 Å². The highest BCUT2D eigenvalue weighted by molar-refractivity contribution is 6.12. The van der Waals surface area contributed by atoms with Crippen molar-refractivity contribution in [2.75, 3.05) is 44.8 Å². The zero-order chi connectivity index (χ0) is 31.7. The second kappa shape index (κ2) is 12.5. The molecule has 4 aromatic carbocycles. The number of ketones is 1. The minimum atomic E-state index is -1.56. The molecule has 1 spiro atoms. The number of nitrogens with zero attached hydrogens (tertiary/aromatic N) is 2. The number of benzene rings is 4. The Labute approximate surface area is 266 Å². The monoisotopic (exact) mass is 618 g/mol. The third-order valence-electron chi connectivity index (χ3n) is 9.36. The Morgan fingerprint density at radius 1 is 0.935 bits per heavy atom. The van der Waals surface area contributed by atoms with Gasteiger partial charge in [0.15, 0.2) is 5.78 Å². The maximum atomic E-state index is 14.9. The van der Waals surface area contributed by atoms with Crippen molar-refractivity contribution in [2.45, 2.75) is 17.5 Å². The van der Waals surface area contributed by atoms with Crippen molar-refractivity contribution in [1.82, 2.24) is 10.2 Å². The van der Waals surface area contributed by atoms with Crippen LogP contribution in [0, 0.1) is 16.0 Å². The number of nitrogens with one attached hydrogen (secondary N) is 2. The number of hydrogen-bond donors (Lipinski definition) is 2. The van der Waals surface area contributed by atoms with Crippen molar-refractivity contribution in [3.05, 3.63) is 135 Å². The number of carbonyl (C=O) groups is 2. The second-order valence-electron chi connectivity index (χ2n) is 11.9. The molecule has 1 amide bonds. The molecule has 4 aromatic rings. The van der Waals surface area contributed by atoms with Crippen LogP contribution in [0.3, 0.4) is 0 Å². The van der Waals surface area contributed by atoms with Gasteiger partial charge >= 0.3 is 0 Å². The Balaban J connectivity index is 1.29. The Kier molecular flexibility index (Phi) is 8.08. The number of nitro groups is 1. The number of anilines is 1. The molecule has 2 N–H and O–H groups in total. The average Bonchev–Trinajstić information content (AvgIpc) is 3.60. The highest BCUT2D eigenvalue weighted by Gasteiger charge is 2.64. The van der Waals surface area contributed by atoms with Crippen LogP contribution < -0.4 is 15.4 Å². The van der Waals surface area contributed by atoms with E-state index in [9.17, 15) is 19.7 Å². The van der Waals surface area contributed by atoms with Crippen LogP contribution in [0.5, 0.6) is 5.75 Å². The van der Waals surface area contributed by atoms with Crippen molar-refractivity contribution in [3.8, 4) is 5.75 Å². The predicted molar refractivity (Wildman–Crippen MR) is 172 cm³/mol. The van der Waals surface area contributed by atoms with E-state index in [2.05, 4.69) is 15.5 Å². The van der Waals surface area contributed by atoms with Gasteiger partial charge in [-0.3, -0.25) is 29.9 Å². The minimum Gasteiger partial charge on any atom is -0.492 e. The van der Waals surface area contributed by atoms with E-state index in [0.717, 1.165) is 44.0 Å². The van der Waals surface area contributed by atoms with Gasteiger partial charge in [-0.05, 0) is 41.5 Å². The lowest BCUT2D eigenvalue weighted by molar-refractivity contribution is -0.384. The Hall–Kier alpha value is -4.90. The first-order valence-electron chi connectivity index (χ1n) is 15.5. The van der Waals surface area contributed by atoms with Gasteiger partial charge < -0.3 is 14.8 Å². The predicted octanol–water partition coefficient (Wildman–Crippen LogP) is 5.08. The molecule has 2 unspecified atom stereocenters. The topological polar surface area (TPSA) is 123 Å². The van der Waals surface area contributed by atoms with Gasteiger partial charge in [0.25, 0.3) is 5.69 Å². The molecular formula is C36H34N4O6. The van der Waals surface area contributed by atoms with E-state index in [1.165, 1.54) is 12.1 Å². The van der Waals surface area contributed by atoms with E-state index in [0.29, 0.717) is 29.2 Å². The standard InChI is InChI=1S/C36H34N4O6/c41-34(26-11-14-28(15-12-26)46-22-19-39-17-20-45-21-18-39)32-31(24-7-3-1-4-8-24)33(25-9-5-2-6-10-25)38-36(32)29-23-27(40(43)44)13-16-30(29)37-35(36)42/h1-16,23,31-33,38H,17-22H2,(H,37,42)/t31-,32?,33+,36?/m0/s1. The first kappa shape index (κ1) is 29.8. The van der Waals surface area contributed by atoms with E-state index in [4.69, 9.17) is 9.47 Å². The average molecular weight is 619 g/mol. The van der Waals surface area contributed by atoms with Crippen LogP contribution in [0.1, 0.15) is 39.0 Å². The summed E-state index contributed by atoms with van der Waals surface area (Å²) in [5.74, 6) is -1.42. The number of non-ortho nitro benzene ring substituents is 1. The number of carbonyl (C=O) groups excluding carboxylic acids is 2. The zero-order valence-corrected chi connectivity index (χ0v) is 25.1. The summed E-state index contributed by atoms with van der Waals surface area (Å²) in [6.07, 6.45) is 0. The molecule has 0 aliphatic carbocycles. The molecule has 2 fully saturated rings. The molecule has 2 saturated heterocycles. The van der Waals surface area contributed by atoms with Crippen LogP contribution >= 0.6 is 0 Å². The van der Waals surface area contributed by atoms with Crippen LogP contribution in [0.2, 0.25) is 0 Å². The molecule has 4 atom stereocenters. The molecule has 3 aliphatic heterocycles. The summed E-state index contributed by atoms with van der Waals surface area (Å²) in [7, 11) is 0. The molecule has 10 nitrogen and oxygen atoms in total. The van der Waals surface area contributed by atoms with Gasteiger partial charge in [0.1, 0.15) is 17.9 Å². The molecule has 10 heteroatoms. The Bertz CT molecular complexity index is 1740. The summed E-state index contributed by atoms with van der Waals surface area (Å²) < 4.78 is 11.4. The fourth-order valence-corrected chi connectivity index (χ4v) is 7.15. The molecule has 46 heavy (non-hydrogen) atoms. The molecule has 7 rings (SSSR count). The summed E-state index contributed by atoms with van der Waals surface area (Å²) in [6.45, 7) is 4.48. The van der Waals surface area contributed by atoms with E-state index >= 15 is 0 Å². The van der Waals surface area contributed by atoms with Crippen molar-refractivity contribution in [1.29, 1.82) is 0 Å². The number of fused-ring (bicyclic) bond motifs is 2. The number of rotatable bonds is 9. The SMILES string of the molecule is O=C(c1ccc(OCCN2CCOCC2)cc1)C1[C@H](c2ccccc2)[C@@H](c2ccccc2)NC12C(=O)Nc1ccc([N+](=O)[O-])cc12. The summed E-state index contributed by atoms with van der Waals surface area (Å²) in [5, 5.41) is 18.4. The fourth-order valence-electron chi connectivity index (χ4n) is 7.15. The van der Waals surface area contributed by atoms with E-state index in [1.807, 2.05) is 60.7 Å². The Morgan fingerprint density at radius 2 is 1.61 bits per heavy atom. The number of morpholine rings is 1. The summed E-state index contributed by atoms with van der Waals surface area (Å²) in [5.41, 5.74) is 1.34. The molecule has 0 radical (unpaired) electrons. The quantitative estimate of drug-likeness (QED) is 0.151. The van der Waals surface area contributed by atoms with Gasteiger partial charge in [0.05, 0.1) is 24.1 Å². The zero-order valence-electron chi connectivity index (χ0n) is 25.1. The van der Waals surface area contributed by atoms with Crippen molar-refractivity contribution in [2.24, 2.45) is 5.92 Å². The van der Waals surface area contributed by atoms with Crippen LogP contribution in [-0.2, 0) is 15.1 Å². The van der Waals surface area contributed by atoms with Crippen LogP contribution in [-0.4, -0.2) is 61.0 Å². The van der Waals surface area contributed by atoms with Gasteiger partial charge in [-0.25, -0.2) is 0 Å². The normalized spacial score (nSPS) is 24.0. The Morgan fingerprint density at radius 3 is 2.28 bits per heavy atom. The third kappa shape index (κ3) is 5.34.